The Morgan fingerprint density at radius 1 is 1.30 bits per heavy atom. The molecule has 128 valence electrons. The van der Waals surface area contributed by atoms with Gasteiger partial charge in [0.2, 0.25) is 0 Å². The topological polar surface area (TPSA) is 41.6 Å². The molecular weight excluding hydrogens is 288 g/mol. The van der Waals surface area contributed by atoms with Gasteiger partial charge in [0.15, 0.2) is 5.78 Å². The Hall–Kier alpha value is -1.55. The second-order valence-corrected chi connectivity index (χ2v) is 7.00. The summed E-state index contributed by atoms with van der Waals surface area (Å²) in [6.45, 7) is 13.1. The quantitative estimate of drug-likeness (QED) is 0.773. The molecule has 1 aromatic carbocycles. The maximum Gasteiger partial charge on any atom is 0.179 e. The van der Waals surface area contributed by atoms with Crippen LogP contribution in [-0.4, -0.2) is 42.0 Å². The van der Waals surface area contributed by atoms with Crippen molar-refractivity contribution >= 4 is 11.5 Å². The zero-order valence-corrected chi connectivity index (χ0v) is 15.1. The van der Waals surface area contributed by atoms with Gasteiger partial charge in [-0.2, -0.15) is 0 Å². The second-order valence-electron chi connectivity index (χ2n) is 7.00. The van der Waals surface area contributed by atoms with Gasteiger partial charge in [0, 0.05) is 5.56 Å². The van der Waals surface area contributed by atoms with Crippen LogP contribution in [0.5, 0.6) is 5.75 Å². The molecular formula is C19H30N2O2. The SMILES string of the molecule is CCCN(CCC)C(C)C(=O)c1ccc2c(c1)NCC(C)(C)O2. The Bertz CT molecular complexity index is 548. The number of rotatable bonds is 7. The number of ketones is 1. The Morgan fingerprint density at radius 2 is 1.96 bits per heavy atom. The predicted molar refractivity (Wildman–Crippen MR) is 95.6 cm³/mol. The molecule has 1 aliphatic heterocycles. The third-order valence-electron chi connectivity index (χ3n) is 4.30. The molecule has 1 aromatic rings. The zero-order chi connectivity index (χ0) is 17.0. The van der Waals surface area contributed by atoms with Gasteiger partial charge < -0.3 is 10.1 Å². The summed E-state index contributed by atoms with van der Waals surface area (Å²) in [5.41, 5.74) is 1.45. The van der Waals surface area contributed by atoms with Gasteiger partial charge >= 0.3 is 0 Å². The zero-order valence-electron chi connectivity index (χ0n) is 15.1. The molecule has 4 nitrogen and oxygen atoms in total. The fraction of sp³-hybridized carbons (Fsp3) is 0.632. The van der Waals surface area contributed by atoms with Crippen LogP contribution in [0.4, 0.5) is 5.69 Å². The normalized spacial score (nSPS) is 17.1. The molecule has 0 aromatic heterocycles. The molecule has 0 fully saturated rings. The van der Waals surface area contributed by atoms with Crippen LogP contribution in [0.15, 0.2) is 18.2 Å². The maximum atomic E-state index is 12.8. The smallest absolute Gasteiger partial charge is 0.179 e. The van der Waals surface area contributed by atoms with E-state index in [1.807, 2.05) is 25.1 Å². The van der Waals surface area contributed by atoms with E-state index in [0.717, 1.165) is 49.5 Å². The van der Waals surface area contributed by atoms with E-state index in [4.69, 9.17) is 4.74 Å². The highest BCUT2D eigenvalue weighted by Gasteiger charge is 2.28. The second kappa shape index (κ2) is 7.35. The van der Waals surface area contributed by atoms with E-state index in [-0.39, 0.29) is 17.4 Å². The first-order chi connectivity index (χ1) is 10.9. The first-order valence-corrected chi connectivity index (χ1v) is 8.73. The minimum absolute atomic E-state index is 0.0890. The number of hydrogen-bond acceptors (Lipinski definition) is 4. The van der Waals surface area contributed by atoms with Crippen molar-refractivity contribution in [2.24, 2.45) is 0 Å². The largest absolute Gasteiger partial charge is 0.484 e. The molecule has 0 amide bonds. The number of carbonyl (C=O) groups excluding carboxylic acids is 1. The molecule has 0 saturated carbocycles. The molecule has 1 unspecified atom stereocenters. The highest BCUT2D eigenvalue weighted by atomic mass is 16.5. The number of fused-ring (bicyclic) bond motifs is 1. The fourth-order valence-electron chi connectivity index (χ4n) is 3.03. The number of anilines is 1. The van der Waals surface area contributed by atoms with Crippen LogP contribution < -0.4 is 10.1 Å². The molecule has 0 bridgehead atoms. The lowest BCUT2D eigenvalue weighted by Crippen LogP contribution is -2.41. The van der Waals surface area contributed by atoms with Crippen molar-refractivity contribution in [3.05, 3.63) is 23.8 Å². The maximum absolute atomic E-state index is 12.8. The highest BCUT2D eigenvalue weighted by Crippen LogP contribution is 2.33. The molecule has 0 aliphatic carbocycles. The van der Waals surface area contributed by atoms with E-state index in [2.05, 4.69) is 37.9 Å². The van der Waals surface area contributed by atoms with Gasteiger partial charge in [0.1, 0.15) is 11.4 Å². The minimum Gasteiger partial charge on any atom is -0.484 e. The van der Waals surface area contributed by atoms with E-state index >= 15 is 0 Å². The molecule has 4 heteroatoms. The number of benzene rings is 1. The van der Waals surface area contributed by atoms with Crippen molar-refractivity contribution in [2.75, 3.05) is 25.0 Å². The van der Waals surface area contributed by atoms with Gasteiger partial charge in [-0.15, -0.1) is 0 Å². The number of hydrogen-bond donors (Lipinski definition) is 1. The Morgan fingerprint density at radius 3 is 2.57 bits per heavy atom. The Labute approximate surface area is 140 Å². The molecule has 0 saturated heterocycles. The van der Waals surface area contributed by atoms with Crippen LogP contribution >= 0.6 is 0 Å². The molecule has 0 radical (unpaired) electrons. The van der Waals surface area contributed by atoms with E-state index in [1.165, 1.54) is 0 Å². The summed E-state index contributed by atoms with van der Waals surface area (Å²) in [4.78, 5) is 15.1. The lowest BCUT2D eigenvalue weighted by Gasteiger charge is -2.34. The summed E-state index contributed by atoms with van der Waals surface area (Å²) in [5.74, 6) is 1.01. The van der Waals surface area contributed by atoms with Crippen molar-refractivity contribution in [3.63, 3.8) is 0 Å². The van der Waals surface area contributed by atoms with Gasteiger partial charge in [0.25, 0.3) is 0 Å². The average Bonchev–Trinajstić information content (AvgIpc) is 2.52. The molecule has 1 heterocycles. The lowest BCUT2D eigenvalue weighted by molar-refractivity contribution is 0.0837. The van der Waals surface area contributed by atoms with E-state index < -0.39 is 0 Å². The van der Waals surface area contributed by atoms with Crippen molar-refractivity contribution in [1.29, 1.82) is 0 Å². The summed E-state index contributed by atoms with van der Waals surface area (Å²) < 4.78 is 5.95. The van der Waals surface area contributed by atoms with Gasteiger partial charge in [-0.1, -0.05) is 13.8 Å². The number of Topliss-reactive ketones (excluding diaryl/α,β-unsaturated/α-hetero) is 1. The fourth-order valence-corrected chi connectivity index (χ4v) is 3.03. The van der Waals surface area contributed by atoms with E-state index in [9.17, 15) is 4.79 Å². The molecule has 2 rings (SSSR count). The third kappa shape index (κ3) is 4.25. The lowest BCUT2D eigenvalue weighted by atomic mass is 10.0. The summed E-state index contributed by atoms with van der Waals surface area (Å²) in [5, 5.41) is 3.38. The van der Waals surface area contributed by atoms with Crippen LogP contribution in [0.3, 0.4) is 0 Å². The first-order valence-electron chi connectivity index (χ1n) is 8.73. The minimum atomic E-state index is -0.217. The standard InChI is InChI=1S/C19H30N2O2/c1-6-10-21(11-7-2)14(3)18(22)15-8-9-17-16(12-15)20-13-19(4,5)23-17/h8-9,12,14,20H,6-7,10-11,13H2,1-5H3. The third-order valence-corrected chi connectivity index (χ3v) is 4.30. The summed E-state index contributed by atoms with van der Waals surface area (Å²) >= 11 is 0. The van der Waals surface area contributed by atoms with Crippen molar-refractivity contribution < 1.29 is 9.53 Å². The number of nitrogens with one attached hydrogen (secondary N) is 1. The van der Waals surface area contributed by atoms with Crippen molar-refractivity contribution in [3.8, 4) is 5.75 Å². The molecule has 23 heavy (non-hydrogen) atoms. The van der Waals surface area contributed by atoms with Crippen LogP contribution in [0.2, 0.25) is 0 Å². The number of carbonyl (C=O) groups is 1. The van der Waals surface area contributed by atoms with Crippen LogP contribution in [0.1, 0.15) is 57.8 Å². The monoisotopic (exact) mass is 318 g/mol. The Kier molecular flexibility index (Phi) is 5.69. The first kappa shape index (κ1) is 17.8. The molecule has 0 spiro atoms. The van der Waals surface area contributed by atoms with Crippen molar-refractivity contribution in [1.82, 2.24) is 4.90 Å². The van der Waals surface area contributed by atoms with Gasteiger partial charge in [-0.05, 0) is 64.9 Å². The van der Waals surface area contributed by atoms with Crippen LogP contribution in [0.25, 0.3) is 0 Å². The molecule has 1 aliphatic rings. The summed E-state index contributed by atoms with van der Waals surface area (Å²) in [7, 11) is 0. The summed E-state index contributed by atoms with van der Waals surface area (Å²) in [6, 6.07) is 5.64. The van der Waals surface area contributed by atoms with Crippen molar-refractivity contribution in [2.45, 2.75) is 59.1 Å². The summed E-state index contributed by atoms with van der Waals surface area (Å²) in [6.07, 6.45) is 2.12. The predicted octanol–water partition coefficient (Wildman–Crippen LogP) is 3.96. The van der Waals surface area contributed by atoms with Crippen LogP contribution in [-0.2, 0) is 0 Å². The van der Waals surface area contributed by atoms with Gasteiger partial charge in [-0.25, -0.2) is 0 Å². The number of nitrogens with zero attached hydrogens (tertiary/aromatic N) is 1. The van der Waals surface area contributed by atoms with Gasteiger partial charge in [-0.3, -0.25) is 9.69 Å². The number of ether oxygens (including phenoxy) is 1. The highest BCUT2D eigenvalue weighted by molar-refractivity contribution is 6.01. The average molecular weight is 318 g/mol. The van der Waals surface area contributed by atoms with E-state index in [0.29, 0.717) is 0 Å². The van der Waals surface area contributed by atoms with E-state index in [1.54, 1.807) is 0 Å². The molecule has 1 atom stereocenters. The Balaban J connectivity index is 2.16. The van der Waals surface area contributed by atoms with Gasteiger partial charge in [0.05, 0.1) is 18.3 Å². The van der Waals surface area contributed by atoms with Crippen LogP contribution in [0, 0.1) is 0 Å². The molecule has 1 N–H and O–H groups in total.